The number of hydrogen-bond acceptors (Lipinski definition) is 4. The molecule has 8 nitrogen and oxygen atoms in total. The van der Waals surface area contributed by atoms with Gasteiger partial charge in [-0.1, -0.05) is 13.8 Å². The van der Waals surface area contributed by atoms with Crippen LogP contribution in [-0.4, -0.2) is 31.6 Å². The van der Waals surface area contributed by atoms with Gasteiger partial charge in [0.2, 0.25) is 5.91 Å². The molecular weight excluding hydrogens is 298 g/mol. The molecule has 2 rings (SSSR count). The zero-order valence-corrected chi connectivity index (χ0v) is 13.8. The molecule has 2 heterocycles. The Balaban J connectivity index is 2.52. The van der Waals surface area contributed by atoms with Crippen LogP contribution >= 0.6 is 0 Å². The third-order valence-electron chi connectivity index (χ3n) is 3.54. The second-order valence-electron chi connectivity index (χ2n) is 5.51. The average Bonchev–Trinajstić information content (AvgIpc) is 2.92. The number of aryl methyl sites for hydroxylation is 1. The highest BCUT2D eigenvalue weighted by molar-refractivity contribution is 5.73. The molecule has 0 saturated heterocycles. The van der Waals surface area contributed by atoms with E-state index in [1.165, 1.54) is 11.5 Å². The van der Waals surface area contributed by atoms with Crippen molar-refractivity contribution in [3.05, 3.63) is 26.7 Å². The van der Waals surface area contributed by atoms with Gasteiger partial charge in [-0.25, -0.2) is 9.78 Å². The number of fused-ring (bicyclic) bond motifs is 1. The number of carbonyl (C=O) groups is 1. The smallest absolute Gasteiger partial charge is 0.332 e. The summed E-state index contributed by atoms with van der Waals surface area (Å²) in [5.74, 6) is 0.471. The fourth-order valence-corrected chi connectivity index (χ4v) is 2.54. The minimum absolute atomic E-state index is 0.116. The summed E-state index contributed by atoms with van der Waals surface area (Å²) in [6.45, 7) is 6.66. The van der Waals surface area contributed by atoms with Gasteiger partial charge in [-0.2, -0.15) is 0 Å². The van der Waals surface area contributed by atoms with Crippen molar-refractivity contribution in [2.24, 2.45) is 0 Å². The molecule has 8 heteroatoms. The maximum atomic E-state index is 12.5. The Kier molecular flexibility index (Phi) is 5.36. The average molecular weight is 321 g/mol. The van der Waals surface area contributed by atoms with Gasteiger partial charge in [0.1, 0.15) is 11.3 Å². The van der Waals surface area contributed by atoms with Gasteiger partial charge >= 0.3 is 5.69 Å². The summed E-state index contributed by atoms with van der Waals surface area (Å²) in [7, 11) is 0. The lowest BCUT2D eigenvalue weighted by Crippen LogP contribution is -2.40. The van der Waals surface area contributed by atoms with Crippen LogP contribution < -0.4 is 16.6 Å². The lowest BCUT2D eigenvalue weighted by Gasteiger charge is -2.09. The summed E-state index contributed by atoms with van der Waals surface area (Å²) in [4.78, 5) is 43.3. The Morgan fingerprint density at radius 2 is 1.83 bits per heavy atom. The van der Waals surface area contributed by atoms with Crippen molar-refractivity contribution in [2.75, 3.05) is 6.54 Å². The van der Waals surface area contributed by atoms with Gasteiger partial charge in [0.25, 0.3) is 5.56 Å². The summed E-state index contributed by atoms with van der Waals surface area (Å²) in [5, 5.41) is 2.69. The second kappa shape index (κ2) is 7.26. The number of aromatic amines is 1. The van der Waals surface area contributed by atoms with Crippen molar-refractivity contribution in [3.8, 4) is 0 Å². The number of hydrogen-bond donors (Lipinski definition) is 2. The first-order valence-corrected chi connectivity index (χ1v) is 7.96. The quantitative estimate of drug-likeness (QED) is 0.770. The van der Waals surface area contributed by atoms with Crippen LogP contribution in [0.4, 0.5) is 0 Å². The number of aromatic nitrogens is 4. The molecule has 0 atom stereocenters. The molecule has 1 amide bonds. The van der Waals surface area contributed by atoms with E-state index in [1.54, 1.807) is 4.57 Å². The van der Waals surface area contributed by atoms with Crippen LogP contribution in [-0.2, 0) is 24.3 Å². The molecule has 0 aromatic carbocycles. The summed E-state index contributed by atoms with van der Waals surface area (Å²) < 4.78 is 2.80. The summed E-state index contributed by atoms with van der Waals surface area (Å²) >= 11 is 0. The Morgan fingerprint density at radius 1 is 1.17 bits per heavy atom. The number of carbonyl (C=O) groups excluding carboxylic acids is 1. The highest BCUT2D eigenvalue weighted by Gasteiger charge is 2.16. The van der Waals surface area contributed by atoms with Crippen molar-refractivity contribution in [1.29, 1.82) is 0 Å². The fraction of sp³-hybridized carbons (Fsp3) is 0.600. The van der Waals surface area contributed by atoms with Crippen molar-refractivity contribution in [2.45, 2.75) is 53.1 Å². The van der Waals surface area contributed by atoms with Gasteiger partial charge in [0.05, 0.1) is 0 Å². The van der Waals surface area contributed by atoms with Crippen molar-refractivity contribution in [3.63, 3.8) is 0 Å². The first-order chi connectivity index (χ1) is 11.0. The third-order valence-corrected chi connectivity index (χ3v) is 3.54. The highest BCUT2D eigenvalue weighted by atomic mass is 16.2. The van der Waals surface area contributed by atoms with E-state index in [4.69, 9.17) is 0 Å². The van der Waals surface area contributed by atoms with Gasteiger partial charge in [0.15, 0.2) is 5.65 Å². The first-order valence-electron chi connectivity index (χ1n) is 7.96. The van der Waals surface area contributed by atoms with E-state index in [2.05, 4.69) is 15.3 Å². The number of amides is 1. The van der Waals surface area contributed by atoms with Crippen molar-refractivity contribution in [1.82, 2.24) is 24.4 Å². The van der Waals surface area contributed by atoms with Crippen LogP contribution in [0.5, 0.6) is 0 Å². The Labute approximate surface area is 133 Å². The minimum Gasteiger partial charge on any atom is -0.356 e. The normalized spacial score (nSPS) is 11.1. The molecule has 0 aliphatic carbocycles. The number of nitrogens with zero attached hydrogens (tertiary/aromatic N) is 3. The van der Waals surface area contributed by atoms with E-state index in [1.807, 2.05) is 13.8 Å². The molecule has 0 spiro atoms. The molecule has 2 aromatic rings. The number of rotatable bonds is 7. The summed E-state index contributed by atoms with van der Waals surface area (Å²) in [6, 6.07) is 0. The summed E-state index contributed by atoms with van der Waals surface area (Å²) in [6.07, 6.45) is 1.95. The standard InChI is InChI=1S/C15H23N5O3/c1-4-8-19-13-12(14(22)20(9-5-2)15(19)23)17-11(18-13)6-7-16-10(3)21/h4-9H2,1-3H3,(H,16,21)(H,17,18). The largest absolute Gasteiger partial charge is 0.356 e. The molecule has 0 saturated carbocycles. The van der Waals surface area contributed by atoms with Gasteiger partial charge in [-0.3, -0.25) is 18.7 Å². The second-order valence-corrected chi connectivity index (χ2v) is 5.51. The predicted molar refractivity (Wildman–Crippen MR) is 87.6 cm³/mol. The molecule has 2 aromatic heterocycles. The van der Waals surface area contributed by atoms with Crippen LogP contribution in [0.1, 0.15) is 39.4 Å². The topological polar surface area (TPSA) is 102 Å². The monoisotopic (exact) mass is 321 g/mol. The third kappa shape index (κ3) is 3.52. The van der Waals surface area contributed by atoms with Gasteiger partial charge in [0, 0.05) is 33.0 Å². The van der Waals surface area contributed by atoms with Crippen LogP contribution in [0.3, 0.4) is 0 Å². The molecular formula is C15H23N5O3. The molecule has 0 aliphatic rings. The van der Waals surface area contributed by atoms with Crippen LogP contribution in [0.25, 0.3) is 11.2 Å². The van der Waals surface area contributed by atoms with E-state index in [0.717, 1.165) is 6.42 Å². The minimum atomic E-state index is -0.336. The van der Waals surface area contributed by atoms with E-state index in [9.17, 15) is 14.4 Å². The van der Waals surface area contributed by atoms with E-state index >= 15 is 0 Å². The van der Waals surface area contributed by atoms with Crippen LogP contribution in [0.15, 0.2) is 9.59 Å². The number of imidazole rings is 1. The van der Waals surface area contributed by atoms with Crippen molar-refractivity contribution < 1.29 is 4.79 Å². The molecule has 0 fully saturated rings. The van der Waals surface area contributed by atoms with E-state index in [0.29, 0.717) is 49.5 Å². The Hall–Kier alpha value is -2.38. The van der Waals surface area contributed by atoms with E-state index < -0.39 is 0 Å². The van der Waals surface area contributed by atoms with Crippen molar-refractivity contribution >= 4 is 17.1 Å². The molecule has 0 radical (unpaired) electrons. The van der Waals surface area contributed by atoms with E-state index in [-0.39, 0.29) is 17.2 Å². The predicted octanol–water partition coefficient (Wildman–Crippen LogP) is 0.385. The molecule has 2 N–H and O–H groups in total. The molecule has 0 aliphatic heterocycles. The lowest BCUT2D eigenvalue weighted by molar-refractivity contribution is -0.118. The molecule has 0 bridgehead atoms. The van der Waals surface area contributed by atoms with Crippen LogP contribution in [0, 0.1) is 0 Å². The highest BCUT2D eigenvalue weighted by Crippen LogP contribution is 2.07. The molecule has 23 heavy (non-hydrogen) atoms. The molecule has 126 valence electrons. The summed E-state index contributed by atoms with van der Waals surface area (Å²) in [5.41, 5.74) is 0.0972. The first kappa shape index (κ1) is 17.0. The maximum Gasteiger partial charge on any atom is 0.332 e. The van der Waals surface area contributed by atoms with Gasteiger partial charge < -0.3 is 10.3 Å². The Morgan fingerprint density at radius 3 is 2.43 bits per heavy atom. The fourth-order valence-electron chi connectivity index (χ4n) is 2.54. The van der Waals surface area contributed by atoms with Crippen LogP contribution in [0.2, 0.25) is 0 Å². The lowest BCUT2D eigenvalue weighted by atomic mass is 10.4. The number of H-pyrrole nitrogens is 1. The number of nitrogens with one attached hydrogen (secondary N) is 2. The molecule has 0 unspecified atom stereocenters. The zero-order chi connectivity index (χ0) is 17.0. The van der Waals surface area contributed by atoms with Gasteiger partial charge in [-0.15, -0.1) is 0 Å². The SMILES string of the molecule is CCCn1c(=O)c2[nH]c(CCNC(C)=O)nc2n(CCC)c1=O. The van der Waals surface area contributed by atoms with Gasteiger partial charge in [-0.05, 0) is 12.8 Å². The zero-order valence-electron chi connectivity index (χ0n) is 13.8. The maximum absolute atomic E-state index is 12.5. The Bertz CT molecular complexity index is 815.